The summed E-state index contributed by atoms with van der Waals surface area (Å²) in [6.07, 6.45) is 1.43. The maximum atomic E-state index is 13.5. The molecule has 2 rings (SSSR count). The zero-order chi connectivity index (χ0) is 13.1. The first kappa shape index (κ1) is 13.3. The van der Waals surface area contributed by atoms with E-state index in [-0.39, 0.29) is 18.2 Å². The topological polar surface area (TPSA) is 48.1 Å². The molecule has 0 spiro atoms. The summed E-state index contributed by atoms with van der Waals surface area (Å²) in [4.78, 5) is 3.96. The molecule has 0 aliphatic carbocycles. The van der Waals surface area contributed by atoms with Crippen molar-refractivity contribution < 1.29 is 9.13 Å². The summed E-state index contributed by atoms with van der Waals surface area (Å²) in [6, 6.07) is 6.00. The molecule has 0 saturated heterocycles. The monoisotopic (exact) mass is 330 g/mol. The molecule has 0 saturated carbocycles. The predicted octanol–water partition coefficient (Wildman–Crippen LogP) is 3.89. The Balaban J connectivity index is 2.31. The van der Waals surface area contributed by atoms with E-state index in [1.807, 2.05) is 0 Å². The van der Waals surface area contributed by atoms with Gasteiger partial charge in [0.2, 0.25) is 5.88 Å². The summed E-state index contributed by atoms with van der Waals surface area (Å²) in [5.74, 6) is -0.136. The number of pyridine rings is 1. The lowest BCUT2D eigenvalue weighted by Crippen LogP contribution is -1.99. The summed E-state index contributed by atoms with van der Waals surface area (Å²) in [5.41, 5.74) is 6.21. The number of aromatic nitrogens is 1. The molecule has 2 N–H and O–H groups in total. The van der Waals surface area contributed by atoms with Crippen molar-refractivity contribution in [2.75, 3.05) is 0 Å². The van der Waals surface area contributed by atoms with E-state index in [4.69, 9.17) is 22.1 Å². The van der Waals surface area contributed by atoms with Gasteiger partial charge in [0.05, 0.1) is 5.02 Å². The SMILES string of the molecule is NCc1cc(Oc2cc(Br)ccc2F)ncc1Cl. The molecular weight excluding hydrogens is 322 g/mol. The number of hydrogen-bond acceptors (Lipinski definition) is 3. The van der Waals surface area contributed by atoms with Crippen LogP contribution in [0.5, 0.6) is 11.6 Å². The van der Waals surface area contributed by atoms with Crippen LogP contribution in [0.15, 0.2) is 34.9 Å². The van der Waals surface area contributed by atoms with Crippen molar-refractivity contribution in [1.29, 1.82) is 0 Å². The first-order chi connectivity index (χ1) is 8.60. The normalized spacial score (nSPS) is 10.4. The molecule has 1 aromatic heterocycles. The van der Waals surface area contributed by atoms with Crippen LogP contribution in [-0.2, 0) is 6.54 Å². The minimum absolute atomic E-state index is 0.0853. The van der Waals surface area contributed by atoms with Gasteiger partial charge in [-0.1, -0.05) is 27.5 Å². The quantitative estimate of drug-likeness (QED) is 0.928. The highest BCUT2D eigenvalue weighted by Gasteiger charge is 2.08. The largest absolute Gasteiger partial charge is 0.436 e. The van der Waals surface area contributed by atoms with Crippen molar-refractivity contribution in [1.82, 2.24) is 4.98 Å². The van der Waals surface area contributed by atoms with E-state index in [0.29, 0.717) is 15.1 Å². The van der Waals surface area contributed by atoms with Gasteiger partial charge in [-0.25, -0.2) is 9.37 Å². The molecule has 0 bridgehead atoms. The third kappa shape index (κ3) is 2.98. The lowest BCUT2D eigenvalue weighted by molar-refractivity contribution is 0.426. The Morgan fingerprint density at radius 1 is 1.39 bits per heavy atom. The molecule has 1 aromatic carbocycles. The van der Waals surface area contributed by atoms with Crippen molar-refractivity contribution >= 4 is 27.5 Å². The highest BCUT2D eigenvalue weighted by Crippen LogP contribution is 2.28. The molecule has 0 amide bonds. The van der Waals surface area contributed by atoms with Crippen LogP contribution in [0.4, 0.5) is 4.39 Å². The Hall–Kier alpha value is -1.17. The Bertz CT molecular complexity index is 580. The number of hydrogen-bond donors (Lipinski definition) is 1. The van der Waals surface area contributed by atoms with E-state index in [1.165, 1.54) is 18.3 Å². The summed E-state index contributed by atoms with van der Waals surface area (Å²) < 4.78 is 19.6. The van der Waals surface area contributed by atoms with Gasteiger partial charge in [-0.2, -0.15) is 0 Å². The lowest BCUT2D eigenvalue weighted by Gasteiger charge is -2.08. The summed E-state index contributed by atoms with van der Waals surface area (Å²) in [5, 5.41) is 0.458. The first-order valence-corrected chi connectivity index (χ1v) is 6.24. The van der Waals surface area contributed by atoms with E-state index in [1.54, 1.807) is 12.1 Å². The summed E-state index contributed by atoms with van der Waals surface area (Å²) in [7, 11) is 0. The minimum atomic E-state index is -0.468. The molecule has 2 aromatic rings. The molecule has 18 heavy (non-hydrogen) atoms. The number of ether oxygens (including phenoxy) is 1. The van der Waals surface area contributed by atoms with Gasteiger partial charge in [-0.05, 0) is 23.8 Å². The molecule has 0 radical (unpaired) electrons. The van der Waals surface area contributed by atoms with Crippen LogP contribution in [0.2, 0.25) is 5.02 Å². The third-order valence-electron chi connectivity index (χ3n) is 2.24. The van der Waals surface area contributed by atoms with E-state index in [2.05, 4.69) is 20.9 Å². The molecular formula is C12H9BrClFN2O. The Kier molecular flexibility index (Phi) is 4.16. The standard InChI is InChI=1S/C12H9BrClFN2O/c13-8-1-2-10(15)11(4-8)18-12-3-7(5-16)9(14)6-17-12/h1-4,6H,5,16H2. The molecule has 0 atom stereocenters. The van der Waals surface area contributed by atoms with Crippen LogP contribution in [0.1, 0.15) is 5.56 Å². The fourth-order valence-electron chi connectivity index (χ4n) is 1.34. The van der Waals surface area contributed by atoms with Crippen LogP contribution in [0, 0.1) is 5.82 Å². The number of benzene rings is 1. The first-order valence-electron chi connectivity index (χ1n) is 5.07. The van der Waals surface area contributed by atoms with E-state index < -0.39 is 5.82 Å². The second-order valence-electron chi connectivity index (χ2n) is 3.49. The predicted molar refractivity (Wildman–Crippen MR) is 71.3 cm³/mol. The Morgan fingerprint density at radius 2 is 2.17 bits per heavy atom. The van der Waals surface area contributed by atoms with Crippen molar-refractivity contribution in [3.63, 3.8) is 0 Å². The molecule has 3 nitrogen and oxygen atoms in total. The van der Waals surface area contributed by atoms with Gasteiger partial charge in [-0.15, -0.1) is 0 Å². The van der Waals surface area contributed by atoms with Gasteiger partial charge in [-0.3, -0.25) is 0 Å². The molecule has 0 fully saturated rings. The van der Waals surface area contributed by atoms with Crippen molar-refractivity contribution in [3.05, 3.63) is 51.3 Å². The van der Waals surface area contributed by atoms with Gasteiger partial charge in [0.15, 0.2) is 11.6 Å². The molecule has 0 unspecified atom stereocenters. The fourth-order valence-corrected chi connectivity index (χ4v) is 1.86. The van der Waals surface area contributed by atoms with Crippen LogP contribution < -0.4 is 10.5 Å². The molecule has 6 heteroatoms. The lowest BCUT2D eigenvalue weighted by atomic mass is 10.2. The number of nitrogens with zero attached hydrogens (tertiary/aromatic N) is 1. The zero-order valence-corrected chi connectivity index (χ0v) is 11.5. The number of halogens is 3. The smallest absolute Gasteiger partial charge is 0.219 e. The Labute approximate surface area is 117 Å². The van der Waals surface area contributed by atoms with Crippen molar-refractivity contribution in [2.45, 2.75) is 6.54 Å². The van der Waals surface area contributed by atoms with Gasteiger partial charge in [0.1, 0.15) is 0 Å². The van der Waals surface area contributed by atoms with Gasteiger partial charge >= 0.3 is 0 Å². The second-order valence-corrected chi connectivity index (χ2v) is 4.82. The zero-order valence-electron chi connectivity index (χ0n) is 9.16. The van der Waals surface area contributed by atoms with Crippen LogP contribution >= 0.6 is 27.5 Å². The molecule has 1 heterocycles. The van der Waals surface area contributed by atoms with Gasteiger partial charge < -0.3 is 10.5 Å². The van der Waals surface area contributed by atoms with Crippen molar-refractivity contribution in [3.8, 4) is 11.6 Å². The summed E-state index contributed by atoms with van der Waals surface area (Å²) in [6.45, 7) is 0.263. The van der Waals surface area contributed by atoms with E-state index >= 15 is 0 Å². The van der Waals surface area contributed by atoms with Gasteiger partial charge in [0, 0.05) is 23.3 Å². The average molecular weight is 332 g/mol. The molecule has 94 valence electrons. The Morgan fingerprint density at radius 3 is 2.89 bits per heavy atom. The van der Waals surface area contributed by atoms with E-state index in [0.717, 1.165) is 0 Å². The maximum Gasteiger partial charge on any atom is 0.219 e. The maximum absolute atomic E-state index is 13.5. The van der Waals surface area contributed by atoms with E-state index in [9.17, 15) is 4.39 Å². The number of nitrogens with two attached hydrogens (primary N) is 1. The second kappa shape index (κ2) is 5.65. The van der Waals surface area contributed by atoms with Crippen LogP contribution in [0.25, 0.3) is 0 Å². The fraction of sp³-hybridized carbons (Fsp3) is 0.0833. The molecule has 0 aliphatic heterocycles. The van der Waals surface area contributed by atoms with Crippen molar-refractivity contribution in [2.24, 2.45) is 5.73 Å². The highest BCUT2D eigenvalue weighted by molar-refractivity contribution is 9.10. The molecule has 0 aliphatic rings. The number of rotatable bonds is 3. The minimum Gasteiger partial charge on any atom is -0.436 e. The average Bonchev–Trinajstić information content (AvgIpc) is 2.36. The summed E-state index contributed by atoms with van der Waals surface area (Å²) >= 11 is 9.12. The van der Waals surface area contributed by atoms with Crippen LogP contribution in [0.3, 0.4) is 0 Å². The third-order valence-corrected chi connectivity index (χ3v) is 3.07. The highest BCUT2D eigenvalue weighted by atomic mass is 79.9. The van der Waals surface area contributed by atoms with Gasteiger partial charge in [0.25, 0.3) is 0 Å². The van der Waals surface area contributed by atoms with Crippen LogP contribution in [-0.4, -0.2) is 4.98 Å².